The number of nitrogens with zero attached hydrogens (tertiary/aromatic N) is 3. The second kappa shape index (κ2) is 3.53. The van der Waals surface area contributed by atoms with Crippen molar-refractivity contribution in [3.8, 4) is 0 Å². The van der Waals surface area contributed by atoms with E-state index in [-0.39, 0.29) is 0 Å². The molecule has 0 unspecified atom stereocenters. The number of aromatic nitrogens is 3. The Bertz CT molecular complexity index is 265. The summed E-state index contributed by atoms with van der Waals surface area (Å²) in [5.41, 5.74) is -0.445. The Kier molecular flexibility index (Phi) is 2.62. The van der Waals surface area contributed by atoms with Crippen LogP contribution in [0.15, 0.2) is 6.20 Å². The summed E-state index contributed by atoms with van der Waals surface area (Å²) >= 11 is 0. The van der Waals surface area contributed by atoms with Crippen molar-refractivity contribution in [2.45, 2.75) is 26.4 Å². The van der Waals surface area contributed by atoms with Crippen molar-refractivity contribution in [1.82, 2.24) is 15.4 Å². The standard InChI is InChI=1S/C7H12N4O2/c1-7(2,3)13-11(5-12)6-4-8-10-9-6/h4-5H,1-3H3,(H,8,9,10). The molecule has 0 spiro atoms. The Hall–Kier alpha value is -1.43. The van der Waals surface area contributed by atoms with Gasteiger partial charge >= 0.3 is 0 Å². The molecule has 1 aromatic rings. The molecule has 6 heteroatoms. The van der Waals surface area contributed by atoms with Crippen molar-refractivity contribution in [2.24, 2.45) is 0 Å². The summed E-state index contributed by atoms with van der Waals surface area (Å²) in [6.07, 6.45) is 1.95. The normalized spacial score (nSPS) is 11.3. The van der Waals surface area contributed by atoms with Gasteiger partial charge in [-0.2, -0.15) is 15.4 Å². The smallest absolute Gasteiger partial charge is 0.239 e. The number of amides is 1. The van der Waals surface area contributed by atoms with Gasteiger partial charge in [0.15, 0.2) is 0 Å². The van der Waals surface area contributed by atoms with Crippen molar-refractivity contribution < 1.29 is 9.63 Å². The van der Waals surface area contributed by atoms with E-state index >= 15 is 0 Å². The number of carbonyl (C=O) groups is 1. The lowest BCUT2D eigenvalue weighted by molar-refractivity contribution is -0.120. The minimum atomic E-state index is -0.445. The minimum absolute atomic E-state index is 0.338. The van der Waals surface area contributed by atoms with E-state index in [1.807, 2.05) is 20.8 Å². The number of anilines is 1. The first-order chi connectivity index (χ1) is 6.03. The fraction of sp³-hybridized carbons (Fsp3) is 0.571. The molecule has 0 aliphatic rings. The quantitative estimate of drug-likeness (QED) is 0.548. The highest BCUT2D eigenvalue weighted by Gasteiger charge is 2.18. The highest BCUT2D eigenvalue weighted by molar-refractivity contribution is 5.69. The van der Waals surface area contributed by atoms with Crippen molar-refractivity contribution in [2.75, 3.05) is 5.06 Å². The number of hydroxylamine groups is 1. The van der Waals surface area contributed by atoms with Crippen molar-refractivity contribution in [3.63, 3.8) is 0 Å². The van der Waals surface area contributed by atoms with Gasteiger partial charge in [0, 0.05) is 0 Å². The van der Waals surface area contributed by atoms with Gasteiger partial charge in [-0.25, -0.2) is 0 Å². The average Bonchev–Trinajstić information content (AvgIpc) is 2.50. The monoisotopic (exact) mass is 184 g/mol. The zero-order valence-electron chi connectivity index (χ0n) is 7.81. The minimum Gasteiger partial charge on any atom is -0.276 e. The van der Waals surface area contributed by atoms with Gasteiger partial charge in [-0.1, -0.05) is 0 Å². The van der Waals surface area contributed by atoms with E-state index in [1.54, 1.807) is 0 Å². The maximum Gasteiger partial charge on any atom is 0.239 e. The van der Waals surface area contributed by atoms with Gasteiger partial charge < -0.3 is 0 Å². The summed E-state index contributed by atoms with van der Waals surface area (Å²) < 4.78 is 0. The van der Waals surface area contributed by atoms with Crippen LogP contribution in [0.25, 0.3) is 0 Å². The Morgan fingerprint density at radius 2 is 2.31 bits per heavy atom. The van der Waals surface area contributed by atoms with Crippen LogP contribution in [0.3, 0.4) is 0 Å². The summed E-state index contributed by atoms with van der Waals surface area (Å²) in [5, 5.41) is 10.7. The van der Waals surface area contributed by atoms with E-state index in [1.165, 1.54) is 6.20 Å². The van der Waals surface area contributed by atoms with Gasteiger partial charge in [0.05, 0.1) is 11.8 Å². The number of aromatic amines is 1. The first-order valence-corrected chi connectivity index (χ1v) is 3.82. The van der Waals surface area contributed by atoms with Crippen LogP contribution < -0.4 is 5.06 Å². The van der Waals surface area contributed by atoms with Crippen LogP contribution in [-0.4, -0.2) is 27.4 Å². The molecule has 0 bridgehead atoms. The lowest BCUT2D eigenvalue weighted by Gasteiger charge is -2.24. The van der Waals surface area contributed by atoms with E-state index in [0.717, 1.165) is 5.06 Å². The average molecular weight is 184 g/mol. The molecule has 72 valence electrons. The van der Waals surface area contributed by atoms with Gasteiger partial charge in [0.2, 0.25) is 12.2 Å². The topological polar surface area (TPSA) is 71.1 Å². The van der Waals surface area contributed by atoms with Gasteiger partial charge in [-0.3, -0.25) is 9.63 Å². The zero-order chi connectivity index (χ0) is 9.90. The Labute approximate surface area is 75.8 Å². The second-order valence-corrected chi connectivity index (χ2v) is 3.46. The van der Waals surface area contributed by atoms with Gasteiger partial charge in [-0.05, 0) is 20.8 Å². The van der Waals surface area contributed by atoms with E-state index in [9.17, 15) is 4.79 Å². The SMILES string of the molecule is CC(C)(C)ON(C=O)c1cn[nH]n1. The predicted molar refractivity (Wildman–Crippen MR) is 45.8 cm³/mol. The third kappa shape index (κ3) is 2.83. The van der Waals surface area contributed by atoms with Crippen LogP contribution in [-0.2, 0) is 9.63 Å². The van der Waals surface area contributed by atoms with Gasteiger partial charge in [0.1, 0.15) is 0 Å². The van der Waals surface area contributed by atoms with E-state index < -0.39 is 5.60 Å². The fourth-order valence-corrected chi connectivity index (χ4v) is 0.719. The number of rotatable bonds is 3. The maximum atomic E-state index is 10.6. The molecule has 1 heterocycles. The molecule has 6 nitrogen and oxygen atoms in total. The molecule has 1 rings (SSSR count). The molecule has 1 aromatic heterocycles. The molecule has 0 radical (unpaired) electrons. The molecular weight excluding hydrogens is 172 g/mol. The highest BCUT2D eigenvalue weighted by Crippen LogP contribution is 2.13. The number of hydrogen-bond acceptors (Lipinski definition) is 4. The molecule has 1 amide bonds. The predicted octanol–water partition coefficient (Wildman–Crippen LogP) is 0.498. The van der Waals surface area contributed by atoms with Gasteiger partial charge in [-0.15, -0.1) is 5.10 Å². The van der Waals surface area contributed by atoms with Crippen LogP contribution in [0.1, 0.15) is 20.8 Å². The van der Waals surface area contributed by atoms with Crippen LogP contribution in [0, 0.1) is 0 Å². The molecule has 1 N–H and O–H groups in total. The number of nitrogens with one attached hydrogen (secondary N) is 1. The van der Waals surface area contributed by atoms with E-state index in [4.69, 9.17) is 4.84 Å². The summed E-state index contributed by atoms with van der Waals surface area (Å²) in [6, 6.07) is 0. The number of hydrogen-bond donors (Lipinski definition) is 1. The lowest BCUT2D eigenvalue weighted by Crippen LogP contribution is -2.33. The van der Waals surface area contributed by atoms with Crippen LogP contribution in [0.4, 0.5) is 5.82 Å². The van der Waals surface area contributed by atoms with Crippen LogP contribution in [0.2, 0.25) is 0 Å². The van der Waals surface area contributed by atoms with Gasteiger partial charge in [0.25, 0.3) is 0 Å². The largest absolute Gasteiger partial charge is 0.276 e. The second-order valence-electron chi connectivity index (χ2n) is 3.46. The summed E-state index contributed by atoms with van der Waals surface area (Å²) in [7, 11) is 0. The number of carbonyl (C=O) groups excluding carboxylic acids is 1. The molecule has 0 aromatic carbocycles. The fourth-order valence-electron chi connectivity index (χ4n) is 0.719. The first-order valence-electron chi connectivity index (χ1n) is 3.82. The Morgan fingerprint density at radius 3 is 2.69 bits per heavy atom. The lowest BCUT2D eigenvalue weighted by atomic mass is 10.2. The molecule has 0 saturated carbocycles. The molecule has 0 fully saturated rings. The summed E-state index contributed by atoms with van der Waals surface area (Å²) in [6.45, 7) is 5.51. The Morgan fingerprint density at radius 1 is 1.62 bits per heavy atom. The first kappa shape index (κ1) is 9.66. The third-order valence-electron chi connectivity index (χ3n) is 1.10. The maximum absolute atomic E-state index is 10.6. The molecule has 0 aliphatic heterocycles. The summed E-state index contributed by atoms with van der Waals surface area (Å²) in [5.74, 6) is 0.338. The van der Waals surface area contributed by atoms with Crippen LogP contribution in [0.5, 0.6) is 0 Å². The molecule has 0 atom stereocenters. The molecular formula is C7H12N4O2. The van der Waals surface area contributed by atoms with E-state index in [0.29, 0.717) is 12.2 Å². The third-order valence-corrected chi connectivity index (χ3v) is 1.10. The highest BCUT2D eigenvalue weighted by atomic mass is 16.7. The van der Waals surface area contributed by atoms with Crippen molar-refractivity contribution in [1.29, 1.82) is 0 Å². The number of H-pyrrole nitrogens is 1. The molecule has 0 saturated heterocycles. The molecule has 13 heavy (non-hydrogen) atoms. The van der Waals surface area contributed by atoms with Crippen molar-refractivity contribution >= 4 is 12.2 Å². The zero-order valence-corrected chi connectivity index (χ0v) is 7.81. The van der Waals surface area contributed by atoms with E-state index in [2.05, 4.69) is 15.4 Å². The summed E-state index contributed by atoms with van der Waals surface area (Å²) in [4.78, 5) is 15.9. The van der Waals surface area contributed by atoms with Crippen molar-refractivity contribution in [3.05, 3.63) is 6.20 Å². The molecule has 0 aliphatic carbocycles. The Balaban J connectivity index is 2.70. The van der Waals surface area contributed by atoms with Crippen LogP contribution >= 0.6 is 0 Å².